The number of benzene rings is 3. The van der Waals surface area contributed by atoms with Crippen LogP contribution >= 0.6 is 0 Å². The molecular weight excluding hydrogens is 669 g/mol. The molecule has 0 bridgehead atoms. The Hall–Kier alpha value is -6.08. The summed E-state index contributed by atoms with van der Waals surface area (Å²) in [6, 6.07) is 22.5. The minimum absolute atomic E-state index is 0.102. The van der Waals surface area contributed by atoms with E-state index in [0.29, 0.717) is 26.8 Å². The highest BCUT2D eigenvalue weighted by atomic mass is 32.2. The largest absolute Gasteiger partial charge is 0.368 e. The first-order valence-electron chi connectivity index (χ1n) is 16.1. The zero-order valence-electron chi connectivity index (χ0n) is 28.2. The molecule has 0 unspecified atom stereocenters. The van der Waals surface area contributed by atoms with Crippen molar-refractivity contribution in [1.29, 1.82) is 0 Å². The van der Waals surface area contributed by atoms with Crippen LogP contribution in [0.25, 0.3) is 22.2 Å². The summed E-state index contributed by atoms with van der Waals surface area (Å²) in [5.74, 6) is -2.05. The van der Waals surface area contributed by atoms with Gasteiger partial charge in [0.05, 0.1) is 6.20 Å². The van der Waals surface area contributed by atoms with Gasteiger partial charge in [0, 0.05) is 60.4 Å². The molecule has 0 aliphatic heterocycles. The van der Waals surface area contributed by atoms with Crippen molar-refractivity contribution >= 4 is 38.6 Å². The van der Waals surface area contributed by atoms with E-state index in [1.807, 2.05) is 44.2 Å². The molecule has 0 saturated carbocycles. The van der Waals surface area contributed by atoms with Crippen LogP contribution in [0.15, 0.2) is 119 Å². The zero-order chi connectivity index (χ0) is 36.3. The Morgan fingerprint density at radius 2 is 1.57 bits per heavy atom. The number of nitrogens with two attached hydrogens (primary N) is 1. The lowest BCUT2D eigenvalue weighted by molar-refractivity contribution is -0.137. The highest BCUT2D eigenvalue weighted by molar-refractivity contribution is 7.89. The first-order chi connectivity index (χ1) is 24.4. The maximum absolute atomic E-state index is 15.1. The average molecular weight is 705 g/mol. The van der Waals surface area contributed by atoms with Gasteiger partial charge >= 0.3 is 0 Å². The second kappa shape index (κ2) is 14.4. The number of pyridine rings is 1. The molecule has 0 aliphatic rings. The molecule has 2 atom stereocenters. The summed E-state index contributed by atoms with van der Waals surface area (Å²) in [5.41, 5.74) is 10.6. The minimum atomic E-state index is -4.81. The van der Waals surface area contributed by atoms with Gasteiger partial charge in [-0.25, -0.2) is 9.29 Å². The van der Waals surface area contributed by atoms with E-state index >= 15 is 4.79 Å². The van der Waals surface area contributed by atoms with Gasteiger partial charge in [-0.15, -0.1) is 0 Å². The van der Waals surface area contributed by atoms with Gasteiger partial charge in [-0.05, 0) is 55.3 Å². The maximum Gasteiger partial charge on any atom is 0.284 e. The highest BCUT2D eigenvalue weighted by Gasteiger charge is 2.44. The Balaban J connectivity index is 1.47. The predicted octanol–water partition coefficient (Wildman–Crippen LogP) is 4.83. The third-order valence-corrected chi connectivity index (χ3v) is 10.4. The SMILES string of the molecule is Cc1cc(C)cc(C(=O)N(C)[C@@H](Cc2ccc(-c3ccno3)cc2)C(=O)N([C@@H](Cc2c[nH]c3ccccc23)C(N)=O)S(=O)(=O)c2ccccn2)c1. The van der Waals surface area contributed by atoms with Crippen molar-refractivity contribution in [3.05, 3.63) is 137 Å². The quantitative estimate of drug-likeness (QED) is 0.182. The van der Waals surface area contributed by atoms with E-state index in [-0.39, 0.29) is 12.8 Å². The number of hydrogen-bond donors (Lipinski definition) is 2. The Kier molecular flexibility index (Phi) is 9.83. The van der Waals surface area contributed by atoms with Gasteiger partial charge < -0.3 is 20.1 Å². The van der Waals surface area contributed by atoms with Crippen molar-refractivity contribution in [1.82, 2.24) is 24.3 Å². The number of rotatable bonds is 12. The fraction of sp³-hybridized carbons (Fsp3) is 0.184. The second-order valence-corrected chi connectivity index (χ2v) is 14.1. The van der Waals surface area contributed by atoms with Gasteiger partial charge in [-0.1, -0.05) is 70.9 Å². The molecule has 0 spiro atoms. The number of amides is 3. The number of likely N-dealkylation sites (N-methyl/N-ethyl adjacent to an activating group) is 1. The molecule has 6 rings (SSSR count). The minimum Gasteiger partial charge on any atom is -0.368 e. The number of primary amides is 1. The van der Waals surface area contributed by atoms with Gasteiger partial charge in [-0.2, -0.15) is 8.42 Å². The molecule has 3 N–H and O–H groups in total. The van der Waals surface area contributed by atoms with Crippen molar-refractivity contribution in [3.63, 3.8) is 0 Å². The fourth-order valence-corrected chi connectivity index (χ4v) is 7.74. The molecule has 12 nitrogen and oxygen atoms in total. The molecule has 0 saturated heterocycles. The van der Waals surface area contributed by atoms with Crippen LogP contribution in [0, 0.1) is 13.8 Å². The lowest BCUT2D eigenvalue weighted by Crippen LogP contribution is -2.58. The average Bonchev–Trinajstić information content (AvgIpc) is 3.81. The predicted molar refractivity (Wildman–Crippen MR) is 191 cm³/mol. The molecular formula is C38H36N6O6S. The summed E-state index contributed by atoms with van der Waals surface area (Å²) < 4.78 is 34.8. The lowest BCUT2D eigenvalue weighted by Gasteiger charge is -2.35. The third kappa shape index (κ3) is 7.29. The van der Waals surface area contributed by atoms with Crippen molar-refractivity contribution in [2.24, 2.45) is 5.73 Å². The van der Waals surface area contributed by atoms with Crippen LogP contribution in [0.1, 0.15) is 32.6 Å². The summed E-state index contributed by atoms with van der Waals surface area (Å²) in [4.78, 5) is 50.9. The Morgan fingerprint density at radius 1 is 0.863 bits per heavy atom. The van der Waals surface area contributed by atoms with Crippen LogP contribution in [0.4, 0.5) is 0 Å². The number of fused-ring (bicyclic) bond motifs is 1. The first kappa shape index (κ1) is 34.8. The van der Waals surface area contributed by atoms with Gasteiger partial charge in [0.25, 0.3) is 21.8 Å². The van der Waals surface area contributed by atoms with E-state index in [1.165, 1.54) is 42.5 Å². The number of aromatic nitrogens is 3. The lowest BCUT2D eigenvalue weighted by atomic mass is 9.99. The summed E-state index contributed by atoms with van der Waals surface area (Å²) >= 11 is 0. The monoisotopic (exact) mass is 704 g/mol. The molecule has 3 aromatic carbocycles. The number of nitrogens with zero attached hydrogens (tertiary/aromatic N) is 4. The van der Waals surface area contributed by atoms with Crippen LogP contribution in [-0.4, -0.2) is 69.6 Å². The zero-order valence-corrected chi connectivity index (χ0v) is 29.0. The number of hydrogen-bond acceptors (Lipinski definition) is 8. The summed E-state index contributed by atoms with van der Waals surface area (Å²) in [7, 11) is -3.37. The number of carbonyl (C=O) groups excluding carboxylic acids is 3. The first-order valence-corrected chi connectivity index (χ1v) is 17.6. The van der Waals surface area contributed by atoms with Gasteiger partial charge in [0.1, 0.15) is 12.1 Å². The standard InChI is InChI=1S/C38H36N6O6S/c1-24-18-25(2)20-28(19-24)37(46)43(3)33(21-26-11-13-27(14-12-26)34-15-17-42-50-34)38(47)44(51(48,49)35-10-6-7-16-40-35)32(36(39)45)22-29-23-41-31-9-5-4-8-30(29)31/h4-20,23,32-33,41H,21-22H2,1-3H3,(H2,39,45)/t32-,33-/m0/s1. The van der Waals surface area contributed by atoms with Crippen LogP contribution in [0.3, 0.4) is 0 Å². The normalized spacial score (nSPS) is 12.7. The smallest absolute Gasteiger partial charge is 0.284 e. The van der Waals surface area contributed by atoms with Crippen molar-refractivity contribution < 1.29 is 27.3 Å². The number of aromatic amines is 1. The van der Waals surface area contributed by atoms with Crippen molar-refractivity contribution in [3.8, 4) is 11.3 Å². The summed E-state index contributed by atoms with van der Waals surface area (Å²) in [5, 5.41) is 4.02. The van der Waals surface area contributed by atoms with Gasteiger partial charge in [-0.3, -0.25) is 14.4 Å². The number of carbonyl (C=O) groups is 3. The Bertz CT molecular complexity index is 2280. The molecule has 3 aromatic heterocycles. The molecule has 0 fully saturated rings. The van der Waals surface area contributed by atoms with Crippen molar-refractivity contribution in [2.45, 2.75) is 43.8 Å². The topological polar surface area (TPSA) is 173 Å². The van der Waals surface area contributed by atoms with Crippen molar-refractivity contribution in [2.75, 3.05) is 7.05 Å². The second-order valence-electron chi connectivity index (χ2n) is 12.4. The molecule has 0 aliphatic carbocycles. The third-order valence-electron chi connectivity index (χ3n) is 8.72. The van der Waals surface area contributed by atoms with E-state index < -0.39 is 44.9 Å². The summed E-state index contributed by atoms with van der Waals surface area (Å²) in [6.07, 6.45) is 4.12. The number of H-pyrrole nitrogens is 1. The van der Waals surface area contributed by atoms with E-state index in [1.54, 1.807) is 48.7 Å². The van der Waals surface area contributed by atoms with Gasteiger partial charge in [0.15, 0.2) is 10.8 Å². The van der Waals surface area contributed by atoms with E-state index in [2.05, 4.69) is 15.1 Å². The molecule has 3 amide bonds. The molecule has 260 valence electrons. The molecule has 6 aromatic rings. The molecule has 51 heavy (non-hydrogen) atoms. The Labute approximate surface area is 294 Å². The number of aryl methyl sites for hydroxylation is 2. The van der Waals surface area contributed by atoms with Gasteiger partial charge in [0.2, 0.25) is 5.91 Å². The van der Waals surface area contributed by atoms with E-state index in [4.69, 9.17) is 10.3 Å². The molecule has 3 heterocycles. The van der Waals surface area contributed by atoms with Crippen LogP contribution in [0.5, 0.6) is 0 Å². The fourth-order valence-electron chi connectivity index (χ4n) is 6.22. The molecule has 0 radical (unpaired) electrons. The highest BCUT2D eigenvalue weighted by Crippen LogP contribution is 2.27. The number of para-hydroxylation sites is 1. The van der Waals surface area contributed by atoms with E-state index in [9.17, 15) is 18.0 Å². The molecule has 13 heteroatoms. The summed E-state index contributed by atoms with van der Waals surface area (Å²) in [6.45, 7) is 3.71. The Morgan fingerprint density at radius 3 is 2.22 bits per heavy atom. The van der Waals surface area contributed by atoms with Crippen LogP contribution < -0.4 is 5.73 Å². The number of nitrogens with one attached hydrogen (secondary N) is 1. The van der Waals surface area contributed by atoms with E-state index in [0.717, 1.165) is 27.6 Å². The number of sulfonamides is 1. The maximum atomic E-state index is 15.1. The van der Waals surface area contributed by atoms with Crippen LogP contribution in [-0.2, 0) is 32.5 Å². The van der Waals surface area contributed by atoms with Crippen LogP contribution in [0.2, 0.25) is 0 Å².